The van der Waals surface area contributed by atoms with Crippen molar-refractivity contribution < 1.29 is 9.66 Å². The molecule has 174 valence electrons. The van der Waals surface area contributed by atoms with E-state index in [1.54, 1.807) is 12.3 Å². The van der Waals surface area contributed by atoms with E-state index in [9.17, 15) is 15.4 Å². The van der Waals surface area contributed by atoms with Gasteiger partial charge in [0, 0.05) is 34.3 Å². The number of pyridine rings is 1. The molecule has 0 saturated carbocycles. The first-order valence-corrected chi connectivity index (χ1v) is 10.8. The molecule has 35 heavy (non-hydrogen) atoms. The SMILES string of the molecule is Cc1cc(/C=N/Nc2ccc([N+](=O)[O-])cn2)c(C)n1-c1ccc(OCc2ccccc2C#N)cc1. The first-order chi connectivity index (χ1) is 17.0. The van der Waals surface area contributed by atoms with Crippen molar-refractivity contribution in [2.24, 2.45) is 5.10 Å². The van der Waals surface area contributed by atoms with Crippen molar-refractivity contribution in [3.8, 4) is 17.5 Å². The van der Waals surface area contributed by atoms with Crippen LogP contribution in [0.5, 0.6) is 5.75 Å². The van der Waals surface area contributed by atoms with Crippen LogP contribution in [0.25, 0.3) is 5.69 Å². The molecule has 0 radical (unpaired) electrons. The van der Waals surface area contributed by atoms with Crippen molar-refractivity contribution in [1.82, 2.24) is 9.55 Å². The molecular formula is C26H22N6O3. The first kappa shape index (κ1) is 23.2. The molecule has 9 heteroatoms. The van der Waals surface area contributed by atoms with Crippen molar-refractivity contribution in [3.05, 3.63) is 111 Å². The molecule has 2 aromatic carbocycles. The third-order valence-corrected chi connectivity index (χ3v) is 5.44. The van der Waals surface area contributed by atoms with Crippen molar-refractivity contribution in [2.45, 2.75) is 20.5 Å². The Kier molecular flexibility index (Phi) is 6.83. The lowest BCUT2D eigenvalue weighted by atomic mass is 10.1. The summed E-state index contributed by atoms with van der Waals surface area (Å²) in [6.07, 6.45) is 2.87. The summed E-state index contributed by atoms with van der Waals surface area (Å²) >= 11 is 0. The Labute approximate surface area is 202 Å². The summed E-state index contributed by atoms with van der Waals surface area (Å²) in [6, 6.07) is 22.2. The summed E-state index contributed by atoms with van der Waals surface area (Å²) in [6.45, 7) is 4.34. The van der Waals surface area contributed by atoms with Crippen LogP contribution in [0.2, 0.25) is 0 Å². The van der Waals surface area contributed by atoms with Crippen molar-refractivity contribution in [1.29, 1.82) is 5.26 Å². The number of hydrogen-bond acceptors (Lipinski definition) is 7. The minimum absolute atomic E-state index is 0.0773. The highest BCUT2D eigenvalue weighted by Crippen LogP contribution is 2.23. The maximum atomic E-state index is 10.7. The summed E-state index contributed by atoms with van der Waals surface area (Å²) < 4.78 is 7.99. The summed E-state index contributed by atoms with van der Waals surface area (Å²) in [5.41, 5.74) is 8.10. The van der Waals surface area contributed by atoms with Gasteiger partial charge in [-0.1, -0.05) is 18.2 Å². The van der Waals surface area contributed by atoms with Crippen LogP contribution in [-0.4, -0.2) is 20.7 Å². The smallest absolute Gasteiger partial charge is 0.287 e. The molecule has 0 saturated heterocycles. The molecule has 0 atom stereocenters. The Bertz CT molecular complexity index is 1420. The molecule has 2 aromatic heterocycles. The molecule has 0 fully saturated rings. The Hall–Kier alpha value is -4.97. The summed E-state index contributed by atoms with van der Waals surface area (Å²) in [4.78, 5) is 14.2. The fourth-order valence-corrected chi connectivity index (χ4v) is 3.65. The van der Waals surface area contributed by atoms with E-state index in [0.717, 1.165) is 28.2 Å². The average Bonchev–Trinajstić information content (AvgIpc) is 3.16. The van der Waals surface area contributed by atoms with E-state index < -0.39 is 4.92 Å². The van der Waals surface area contributed by atoms with Crippen molar-refractivity contribution >= 4 is 17.7 Å². The van der Waals surface area contributed by atoms with E-state index >= 15 is 0 Å². The van der Waals surface area contributed by atoms with Gasteiger partial charge in [-0.2, -0.15) is 10.4 Å². The molecule has 0 bridgehead atoms. The minimum atomic E-state index is -0.499. The minimum Gasteiger partial charge on any atom is -0.489 e. The van der Waals surface area contributed by atoms with E-state index in [2.05, 4.69) is 26.1 Å². The van der Waals surface area contributed by atoms with Gasteiger partial charge in [0.15, 0.2) is 0 Å². The van der Waals surface area contributed by atoms with E-state index in [4.69, 9.17) is 4.74 Å². The third-order valence-electron chi connectivity index (χ3n) is 5.44. The molecule has 0 spiro atoms. The zero-order chi connectivity index (χ0) is 24.8. The number of aryl methyl sites for hydroxylation is 1. The van der Waals surface area contributed by atoms with Crippen molar-refractivity contribution in [2.75, 3.05) is 5.43 Å². The number of anilines is 1. The fourth-order valence-electron chi connectivity index (χ4n) is 3.65. The number of nitrogens with one attached hydrogen (secondary N) is 1. The normalized spacial score (nSPS) is 10.8. The van der Waals surface area contributed by atoms with Gasteiger partial charge in [-0.3, -0.25) is 15.5 Å². The first-order valence-electron chi connectivity index (χ1n) is 10.8. The molecule has 2 heterocycles. The van der Waals surface area contributed by atoms with E-state index in [1.165, 1.54) is 18.3 Å². The Morgan fingerprint density at radius 1 is 1.17 bits per heavy atom. The van der Waals surface area contributed by atoms with Crippen LogP contribution in [0, 0.1) is 35.3 Å². The van der Waals surface area contributed by atoms with Crippen LogP contribution < -0.4 is 10.2 Å². The zero-order valence-corrected chi connectivity index (χ0v) is 19.2. The van der Waals surface area contributed by atoms with Crippen molar-refractivity contribution in [3.63, 3.8) is 0 Å². The molecule has 0 unspecified atom stereocenters. The number of nitrogens with zero attached hydrogens (tertiary/aromatic N) is 5. The van der Waals surface area contributed by atoms with Gasteiger partial charge in [0.25, 0.3) is 5.69 Å². The second-order valence-corrected chi connectivity index (χ2v) is 7.74. The van der Waals surface area contributed by atoms with Crippen LogP contribution in [-0.2, 0) is 6.61 Å². The molecule has 4 aromatic rings. The van der Waals surface area contributed by atoms with Crippen LogP contribution >= 0.6 is 0 Å². The lowest BCUT2D eigenvalue weighted by molar-refractivity contribution is -0.385. The number of nitro groups is 1. The zero-order valence-electron chi connectivity index (χ0n) is 19.2. The number of aromatic nitrogens is 2. The van der Waals surface area contributed by atoms with Gasteiger partial charge in [0.05, 0.1) is 22.8 Å². The van der Waals surface area contributed by atoms with Gasteiger partial charge in [0.2, 0.25) is 0 Å². The van der Waals surface area contributed by atoms with Gasteiger partial charge in [0.1, 0.15) is 24.4 Å². The predicted octanol–water partition coefficient (Wildman–Crippen LogP) is 5.29. The Morgan fingerprint density at radius 3 is 2.63 bits per heavy atom. The molecule has 1 N–H and O–H groups in total. The summed E-state index contributed by atoms with van der Waals surface area (Å²) in [5.74, 6) is 1.12. The molecule has 9 nitrogen and oxygen atoms in total. The van der Waals surface area contributed by atoms with E-state index in [-0.39, 0.29) is 5.69 Å². The maximum absolute atomic E-state index is 10.7. The van der Waals surface area contributed by atoms with Crippen LogP contribution in [0.1, 0.15) is 28.1 Å². The summed E-state index contributed by atoms with van der Waals surface area (Å²) in [7, 11) is 0. The second-order valence-electron chi connectivity index (χ2n) is 7.74. The van der Waals surface area contributed by atoms with Crippen LogP contribution in [0.3, 0.4) is 0 Å². The maximum Gasteiger partial charge on any atom is 0.287 e. The largest absolute Gasteiger partial charge is 0.489 e. The number of benzene rings is 2. The number of nitriles is 1. The standard InChI is InChI=1S/C26H22N6O3/c1-18-13-22(15-29-30-26-12-9-24(16-28-26)32(33)34)19(2)31(18)23-7-10-25(11-8-23)35-17-21-6-4-3-5-20(21)14-27/h3-13,15-16H,17H2,1-2H3,(H,28,30)/b29-15+. The van der Waals surface area contributed by atoms with Gasteiger partial charge >= 0.3 is 0 Å². The molecule has 0 aliphatic heterocycles. The average molecular weight is 467 g/mol. The summed E-state index contributed by atoms with van der Waals surface area (Å²) in [5, 5.41) is 24.2. The topological polar surface area (TPSA) is 118 Å². The lowest BCUT2D eigenvalue weighted by Gasteiger charge is -2.12. The molecule has 0 amide bonds. The number of rotatable bonds is 8. The van der Waals surface area contributed by atoms with Gasteiger partial charge in [-0.25, -0.2) is 4.98 Å². The number of hydrazone groups is 1. The van der Waals surface area contributed by atoms with Gasteiger partial charge in [-0.05, 0) is 56.3 Å². The predicted molar refractivity (Wildman–Crippen MR) is 133 cm³/mol. The fraction of sp³-hybridized carbons (Fsp3) is 0.115. The molecular weight excluding hydrogens is 444 g/mol. The molecule has 4 rings (SSSR count). The lowest BCUT2D eigenvalue weighted by Crippen LogP contribution is -2.01. The van der Waals surface area contributed by atoms with Gasteiger partial charge in [-0.15, -0.1) is 0 Å². The highest BCUT2D eigenvalue weighted by Gasteiger charge is 2.10. The number of ether oxygens (including phenoxy) is 1. The Balaban J connectivity index is 1.44. The number of hydrogen-bond donors (Lipinski definition) is 1. The van der Waals surface area contributed by atoms with Crippen LogP contribution in [0.4, 0.5) is 11.5 Å². The third kappa shape index (κ3) is 5.34. The van der Waals surface area contributed by atoms with Gasteiger partial charge < -0.3 is 9.30 Å². The van der Waals surface area contributed by atoms with E-state index in [1.807, 2.05) is 62.4 Å². The van der Waals surface area contributed by atoms with Crippen LogP contribution in [0.15, 0.2) is 78.0 Å². The second kappa shape index (κ2) is 10.3. The quantitative estimate of drug-likeness (QED) is 0.214. The highest BCUT2D eigenvalue weighted by molar-refractivity contribution is 5.82. The highest BCUT2D eigenvalue weighted by atomic mass is 16.6. The molecule has 0 aliphatic rings. The Morgan fingerprint density at radius 2 is 1.94 bits per heavy atom. The van der Waals surface area contributed by atoms with E-state index in [0.29, 0.717) is 23.7 Å². The monoisotopic (exact) mass is 466 g/mol. The molecule has 0 aliphatic carbocycles.